The number of hydrogen-bond donors (Lipinski definition) is 4. The SMILES string of the molecule is O=C(CCCCC(=O)NCc1cccc(-c2ccc([C@H]3O[C@@H](CSc4ncccn4)C[C@@H](c4ccc(CO)cc4)O3)cc2)c1)NO. The Bertz CT molecular complexity index is 1560. The second-order valence-corrected chi connectivity index (χ2v) is 12.0. The molecule has 3 atom stereocenters. The molecular formula is C35H38N4O6S. The van der Waals surface area contributed by atoms with Crippen molar-refractivity contribution in [3.05, 3.63) is 114 Å². The second-order valence-electron chi connectivity index (χ2n) is 11.0. The van der Waals surface area contributed by atoms with Gasteiger partial charge < -0.3 is 19.9 Å². The number of carbonyl (C=O) groups is 2. The van der Waals surface area contributed by atoms with Gasteiger partial charge in [-0.25, -0.2) is 15.4 Å². The molecule has 5 rings (SSSR count). The Labute approximate surface area is 272 Å². The van der Waals surface area contributed by atoms with E-state index in [4.69, 9.17) is 14.7 Å². The van der Waals surface area contributed by atoms with Gasteiger partial charge in [-0.05, 0) is 52.8 Å². The molecule has 3 aromatic carbocycles. The van der Waals surface area contributed by atoms with E-state index in [1.54, 1.807) is 35.7 Å². The van der Waals surface area contributed by atoms with Crippen molar-refractivity contribution in [2.45, 2.75) is 68.9 Å². The van der Waals surface area contributed by atoms with Gasteiger partial charge in [0.2, 0.25) is 11.8 Å². The van der Waals surface area contributed by atoms with Crippen LogP contribution in [0.5, 0.6) is 0 Å². The van der Waals surface area contributed by atoms with E-state index in [0.29, 0.717) is 43.1 Å². The molecule has 0 aliphatic carbocycles. The van der Waals surface area contributed by atoms with E-state index in [1.807, 2.05) is 66.7 Å². The smallest absolute Gasteiger partial charge is 0.243 e. The second kappa shape index (κ2) is 17.0. The Kier molecular flexibility index (Phi) is 12.3. The molecule has 1 saturated heterocycles. The minimum absolute atomic E-state index is 0.00712. The summed E-state index contributed by atoms with van der Waals surface area (Å²) in [5.74, 6) is 0.149. The van der Waals surface area contributed by atoms with E-state index in [9.17, 15) is 14.7 Å². The lowest BCUT2D eigenvalue weighted by Crippen LogP contribution is -2.31. The third kappa shape index (κ3) is 9.68. The fraction of sp³-hybridized carbons (Fsp3) is 0.314. The number of unbranched alkanes of at least 4 members (excludes halogenated alkanes) is 1. The Morgan fingerprint density at radius 1 is 0.826 bits per heavy atom. The Morgan fingerprint density at radius 3 is 2.26 bits per heavy atom. The standard InChI is InChI=1S/C35H38N4O6S/c40-22-24-9-11-27(12-10-24)31-20-30(23-46-35-36-17-4-18-37-35)44-34(45-31)28-15-13-26(14-16-28)29-6-3-5-25(19-29)21-38-32(41)7-1-2-8-33(42)39-43/h3-6,9-19,30-31,34,40,43H,1-2,7-8,20-23H2,(H,38,41)(H,39,42)/t30-,31+,34+/m1/s1. The number of hydrogen-bond acceptors (Lipinski definition) is 9. The van der Waals surface area contributed by atoms with E-state index in [0.717, 1.165) is 33.4 Å². The molecule has 4 N–H and O–H groups in total. The molecule has 1 fully saturated rings. The molecule has 1 aromatic heterocycles. The van der Waals surface area contributed by atoms with Gasteiger partial charge in [-0.3, -0.25) is 14.8 Å². The molecule has 0 radical (unpaired) electrons. The summed E-state index contributed by atoms with van der Waals surface area (Å²) >= 11 is 1.56. The number of aliphatic hydroxyl groups excluding tert-OH is 1. The molecule has 1 aliphatic rings. The van der Waals surface area contributed by atoms with Crippen LogP contribution < -0.4 is 10.8 Å². The molecule has 240 valence electrons. The summed E-state index contributed by atoms with van der Waals surface area (Å²) in [7, 11) is 0. The summed E-state index contributed by atoms with van der Waals surface area (Å²) in [5, 5.41) is 21.7. The van der Waals surface area contributed by atoms with Crippen molar-refractivity contribution in [1.29, 1.82) is 0 Å². The molecule has 10 nitrogen and oxygen atoms in total. The number of carbonyl (C=O) groups excluding carboxylic acids is 2. The minimum atomic E-state index is -0.563. The van der Waals surface area contributed by atoms with Crippen LogP contribution in [0.15, 0.2) is 96.4 Å². The summed E-state index contributed by atoms with van der Waals surface area (Å²) in [5.41, 5.74) is 7.42. The van der Waals surface area contributed by atoms with Crippen LogP contribution in [0.2, 0.25) is 0 Å². The fourth-order valence-electron chi connectivity index (χ4n) is 5.16. The van der Waals surface area contributed by atoms with Gasteiger partial charge >= 0.3 is 0 Å². The fourth-order valence-corrected chi connectivity index (χ4v) is 5.98. The van der Waals surface area contributed by atoms with Crippen LogP contribution in [-0.2, 0) is 32.2 Å². The van der Waals surface area contributed by atoms with Crippen LogP contribution in [0, 0.1) is 0 Å². The third-order valence-electron chi connectivity index (χ3n) is 7.67. The van der Waals surface area contributed by atoms with Crippen molar-refractivity contribution in [3.8, 4) is 11.1 Å². The summed E-state index contributed by atoms with van der Waals surface area (Å²) in [6.45, 7) is 0.395. The normalized spacial score (nSPS) is 17.7. The first-order valence-electron chi connectivity index (χ1n) is 15.3. The quantitative estimate of drug-likeness (QED) is 0.0451. The number of nitrogens with zero attached hydrogens (tertiary/aromatic N) is 2. The van der Waals surface area contributed by atoms with E-state index in [-0.39, 0.29) is 31.1 Å². The van der Waals surface area contributed by atoms with Gasteiger partial charge in [-0.15, -0.1) is 0 Å². The van der Waals surface area contributed by atoms with Crippen LogP contribution in [0.1, 0.15) is 66.8 Å². The van der Waals surface area contributed by atoms with Crippen molar-refractivity contribution in [1.82, 2.24) is 20.8 Å². The molecule has 1 aliphatic heterocycles. The van der Waals surface area contributed by atoms with Crippen molar-refractivity contribution in [2.75, 3.05) is 5.75 Å². The summed E-state index contributed by atoms with van der Waals surface area (Å²) < 4.78 is 12.9. The molecule has 2 amide bonds. The van der Waals surface area contributed by atoms with Crippen molar-refractivity contribution < 1.29 is 29.4 Å². The zero-order valence-corrected chi connectivity index (χ0v) is 26.2. The van der Waals surface area contributed by atoms with Crippen molar-refractivity contribution >= 4 is 23.6 Å². The zero-order valence-electron chi connectivity index (χ0n) is 25.4. The predicted octanol–water partition coefficient (Wildman–Crippen LogP) is 5.66. The maximum atomic E-state index is 12.2. The summed E-state index contributed by atoms with van der Waals surface area (Å²) in [4.78, 5) is 32.0. The lowest BCUT2D eigenvalue weighted by molar-refractivity contribution is -0.245. The Hall–Kier alpha value is -4.13. The van der Waals surface area contributed by atoms with E-state index >= 15 is 0 Å². The highest BCUT2D eigenvalue weighted by atomic mass is 32.2. The number of amides is 2. The first-order valence-corrected chi connectivity index (χ1v) is 16.3. The average molecular weight is 643 g/mol. The number of aromatic nitrogens is 2. The third-order valence-corrected chi connectivity index (χ3v) is 8.68. The number of benzene rings is 3. The van der Waals surface area contributed by atoms with Crippen LogP contribution >= 0.6 is 11.8 Å². The van der Waals surface area contributed by atoms with E-state index in [2.05, 4.69) is 21.4 Å². The van der Waals surface area contributed by atoms with E-state index < -0.39 is 12.2 Å². The van der Waals surface area contributed by atoms with Gasteiger partial charge in [0.15, 0.2) is 11.4 Å². The minimum Gasteiger partial charge on any atom is -0.392 e. The summed E-state index contributed by atoms with van der Waals surface area (Å²) in [6.07, 6.45) is 4.91. The highest BCUT2D eigenvalue weighted by molar-refractivity contribution is 7.99. The van der Waals surface area contributed by atoms with Crippen molar-refractivity contribution in [3.63, 3.8) is 0 Å². The molecule has 2 heterocycles. The molecule has 4 aromatic rings. The molecule has 0 spiro atoms. The number of ether oxygens (including phenoxy) is 2. The maximum Gasteiger partial charge on any atom is 0.243 e. The van der Waals surface area contributed by atoms with E-state index in [1.165, 1.54) is 0 Å². The first-order chi connectivity index (χ1) is 22.5. The number of thioether (sulfide) groups is 1. The van der Waals surface area contributed by atoms with Crippen LogP contribution in [0.3, 0.4) is 0 Å². The van der Waals surface area contributed by atoms with Gasteiger partial charge in [0.1, 0.15) is 0 Å². The van der Waals surface area contributed by atoms with Crippen LogP contribution in [0.25, 0.3) is 11.1 Å². The maximum absolute atomic E-state index is 12.2. The van der Waals surface area contributed by atoms with Gasteiger partial charge in [-0.2, -0.15) is 0 Å². The lowest BCUT2D eigenvalue weighted by atomic mass is 9.99. The zero-order chi connectivity index (χ0) is 32.1. The predicted molar refractivity (Wildman–Crippen MR) is 173 cm³/mol. The van der Waals surface area contributed by atoms with Crippen LogP contribution in [-0.4, -0.2) is 44.0 Å². The van der Waals surface area contributed by atoms with Gasteiger partial charge in [-0.1, -0.05) is 78.5 Å². The number of nitrogens with one attached hydrogen (secondary N) is 2. The first kappa shape index (κ1) is 33.2. The van der Waals surface area contributed by atoms with Gasteiger partial charge in [0, 0.05) is 49.5 Å². The Morgan fingerprint density at radius 2 is 1.54 bits per heavy atom. The number of rotatable bonds is 14. The van der Waals surface area contributed by atoms with Gasteiger partial charge in [0.05, 0.1) is 18.8 Å². The monoisotopic (exact) mass is 642 g/mol. The molecule has 0 bridgehead atoms. The molecular weight excluding hydrogens is 604 g/mol. The number of hydroxylamine groups is 1. The van der Waals surface area contributed by atoms with Crippen LogP contribution in [0.4, 0.5) is 0 Å². The number of aliphatic hydroxyl groups is 1. The Balaban J connectivity index is 1.22. The highest BCUT2D eigenvalue weighted by Crippen LogP contribution is 2.39. The van der Waals surface area contributed by atoms with Gasteiger partial charge in [0.25, 0.3) is 0 Å². The largest absolute Gasteiger partial charge is 0.392 e. The highest BCUT2D eigenvalue weighted by Gasteiger charge is 2.32. The molecule has 46 heavy (non-hydrogen) atoms. The lowest BCUT2D eigenvalue weighted by Gasteiger charge is -2.36. The molecule has 0 saturated carbocycles. The average Bonchev–Trinajstić information content (AvgIpc) is 3.12. The summed E-state index contributed by atoms with van der Waals surface area (Å²) in [6, 6.07) is 25.8. The molecule has 11 heteroatoms. The topological polar surface area (TPSA) is 143 Å². The van der Waals surface area contributed by atoms with Crippen molar-refractivity contribution in [2.24, 2.45) is 0 Å². The molecule has 0 unspecified atom stereocenters.